The summed E-state index contributed by atoms with van der Waals surface area (Å²) in [6.07, 6.45) is 0.730. The van der Waals surface area contributed by atoms with Crippen LogP contribution in [0.2, 0.25) is 0 Å². The maximum absolute atomic E-state index is 11.0. The Morgan fingerprint density at radius 1 is 1.41 bits per heavy atom. The third kappa shape index (κ3) is 4.36. The Morgan fingerprint density at radius 3 is 2.82 bits per heavy atom. The Morgan fingerprint density at radius 2 is 2.18 bits per heavy atom. The third-order valence-electron chi connectivity index (χ3n) is 2.08. The summed E-state index contributed by atoms with van der Waals surface area (Å²) < 4.78 is 11.3. The zero-order chi connectivity index (χ0) is 12.7. The van der Waals surface area contributed by atoms with Gasteiger partial charge in [0.2, 0.25) is 0 Å². The fraction of sp³-hybridized carbons (Fsp3) is 0.417. The molecular weight excluding hydrogens is 288 g/mol. The second-order valence-corrected chi connectivity index (χ2v) is 4.17. The Kier molecular flexibility index (Phi) is 6.00. The molecule has 0 amide bonds. The van der Waals surface area contributed by atoms with Crippen LogP contribution < -0.4 is 4.74 Å². The standard InChI is InChI=1S/C12H15BrO4/c1-2-16-7-4-8-17-11-9(12(14)15)5-3-6-10(11)13/h3,5-6H,2,4,7-8H2,1H3,(H,14,15). The van der Waals surface area contributed by atoms with Crippen LogP contribution >= 0.6 is 15.9 Å². The molecule has 0 spiro atoms. The van der Waals surface area contributed by atoms with Gasteiger partial charge in [-0.25, -0.2) is 4.79 Å². The topological polar surface area (TPSA) is 55.8 Å². The molecule has 0 aliphatic rings. The molecule has 0 aliphatic carbocycles. The van der Waals surface area contributed by atoms with E-state index in [0.717, 1.165) is 6.42 Å². The highest BCUT2D eigenvalue weighted by Gasteiger charge is 2.13. The van der Waals surface area contributed by atoms with Gasteiger partial charge < -0.3 is 14.6 Å². The van der Waals surface area contributed by atoms with E-state index >= 15 is 0 Å². The van der Waals surface area contributed by atoms with Crippen LogP contribution in [-0.2, 0) is 4.74 Å². The van der Waals surface area contributed by atoms with Gasteiger partial charge in [-0.05, 0) is 35.0 Å². The molecule has 5 heteroatoms. The maximum atomic E-state index is 11.0. The van der Waals surface area contributed by atoms with E-state index in [1.54, 1.807) is 12.1 Å². The first-order valence-corrected chi connectivity index (χ1v) is 6.18. The van der Waals surface area contributed by atoms with E-state index in [1.807, 2.05) is 6.92 Å². The number of para-hydroxylation sites is 1. The summed E-state index contributed by atoms with van der Waals surface area (Å²) in [6.45, 7) is 3.65. The van der Waals surface area contributed by atoms with Gasteiger partial charge in [0.05, 0.1) is 11.1 Å². The number of carboxylic acids is 1. The Labute approximate surface area is 109 Å². The molecular formula is C12H15BrO4. The van der Waals surface area contributed by atoms with Crippen molar-refractivity contribution >= 4 is 21.9 Å². The van der Waals surface area contributed by atoms with Crippen LogP contribution in [0, 0.1) is 0 Å². The molecule has 1 rings (SSSR count). The molecule has 0 atom stereocenters. The van der Waals surface area contributed by atoms with Crippen LogP contribution in [0.1, 0.15) is 23.7 Å². The highest BCUT2D eigenvalue weighted by atomic mass is 79.9. The molecule has 0 radical (unpaired) electrons. The van der Waals surface area contributed by atoms with E-state index in [0.29, 0.717) is 30.0 Å². The molecule has 0 aliphatic heterocycles. The first-order chi connectivity index (χ1) is 8.16. The van der Waals surface area contributed by atoms with Gasteiger partial charge >= 0.3 is 5.97 Å². The average Bonchev–Trinajstić information content (AvgIpc) is 2.30. The van der Waals surface area contributed by atoms with Crippen molar-refractivity contribution in [2.75, 3.05) is 19.8 Å². The lowest BCUT2D eigenvalue weighted by Crippen LogP contribution is -2.07. The van der Waals surface area contributed by atoms with Gasteiger partial charge in [-0.1, -0.05) is 6.07 Å². The van der Waals surface area contributed by atoms with E-state index < -0.39 is 5.97 Å². The van der Waals surface area contributed by atoms with Crippen molar-refractivity contribution in [3.63, 3.8) is 0 Å². The van der Waals surface area contributed by atoms with Crippen molar-refractivity contribution in [2.45, 2.75) is 13.3 Å². The Hall–Kier alpha value is -1.07. The van der Waals surface area contributed by atoms with Crippen molar-refractivity contribution in [2.24, 2.45) is 0 Å². The fourth-order valence-corrected chi connectivity index (χ4v) is 1.78. The molecule has 1 aromatic rings. The molecule has 94 valence electrons. The first-order valence-electron chi connectivity index (χ1n) is 5.39. The van der Waals surface area contributed by atoms with Crippen LogP contribution in [0.15, 0.2) is 22.7 Å². The molecule has 4 nitrogen and oxygen atoms in total. The van der Waals surface area contributed by atoms with Gasteiger partial charge in [-0.3, -0.25) is 0 Å². The molecule has 1 N–H and O–H groups in total. The number of rotatable bonds is 7. The number of halogens is 1. The number of hydrogen-bond acceptors (Lipinski definition) is 3. The minimum absolute atomic E-state index is 0.163. The van der Waals surface area contributed by atoms with Gasteiger partial charge in [0.15, 0.2) is 0 Å². The average molecular weight is 303 g/mol. The van der Waals surface area contributed by atoms with E-state index in [9.17, 15) is 4.79 Å². The molecule has 0 heterocycles. The minimum atomic E-state index is -0.994. The van der Waals surface area contributed by atoms with Gasteiger partial charge in [-0.2, -0.15) is 0 Å². The Bertz CT molecular complexity index is 379. The lowest BCUT2D eigenvalue weighted by atomic mass is 10.2. The van der Waals surface area contributed by atoms with Gasteiger partial charge in [-0.15, -0.1) is 0 Å². The van der Waals surface area contributed by atoms with Crippen LogP contribution in [0.4, 0.5) is 0 Å². The van der Waals surface area contributed by atoms with Crippen molar-refractivity contribution in [1.82, 2.24) is 0 Å². The number of ether oxygens (including phenoxy) is 2. The van der Waals surface area contributed by atoms with Crippen molar-refractivity contribution < 1.29 is 19.4 Å². The normalized spacial score (nSPS) is 10.2. The molecule has 0 saturated carbocycles. The summed E-state index contributed by atoms with van der Waals surface area (Å²) >= 11 is 3.28. The summed E-state index contributed by atoms with van der Waals surface area (Å²) in [5.41, 5.74) is 0.163. The van der Waals surface area contributed by atoms with E-state index in [-0.39, 0.29) is 5.56 Å². The van der Waals surface area contributed by atoms with Crippen LogP contribution in [-0.4, -0.2) is 30.9 Å². The second kappa shape index (κ2) is 7.29. The summed E-state index contributed by atoms with van der Waals surface area (Å²) in [7, 11) is 0. The van der Waals surface area contributed by atoms with E-state index in [4.69, 9.17) is 14.6 Å². The van der Waals surface area contributed by atoms with Crippen molar-refractivity contribution in [3.8, 4) is 5.75 Å². The smallest absolute Gasteiger partial charge is 0.339 e. The molecule has 1 aromatic carbocycles. The molecule has 0 unspecified atom stereocenters. The lowest BCUT2D eigenvalue weighted by Gasteiger charge is -2.10. The summed E-state index contributed by atoms with van der Waals surface area (Å²) in [5.74, 6) is -0.623. The minimum Gasteiger partial charge on any atom is -0.491 e. The predicted octanol–water partition coefficient (Wildman–Crippen LogP) is 2.95. The molecule has 17 heavy (non-hydrogen) atoms. The van der Waals surface area contributed by atoms with Gasteiger partial charge in [0, 0.05) is 19.6 Å². The number of carbonyl (C=O) groups is 1. The monoisotopic (exact) mass is 302 g/mol. The number of benzene rings is 1. The predicted molar refractivity (Wildman–Crippen MR) is 67.7 cm³/mol. The quantitative estimate of drug-likeness (QED) is 0.787. The van der Waals surface area contributed by atoms with Crippen LogP contribution in [0.25, 0.3) is 0 Å². The molecule has 0 aromatic heterocycles. The largest absolute Gasteiger partial charge is 0.491 e. The SMILES string of the molecule is CCOCCCOc1c(Br)cccc1C(=O)O. The van der Waals surface area contributed by atoms with Crippen molar-refractivity contribution in [1.29, 1.82) is 0 Å². The summed E-state index contributed by atoms with van der Waals surface area (Å²) in [5, 5.41) is 9.01. The number of hydrogen-bond donors (Lipinski definition) is 1. The zero-order valence-corrected chi connectivity index (χ0v) is 11.2. The van der Waals surface area contributed by atoms with Crippen molar-refractivity contribution in [3.05, 3.63) is 28.2 Å². The summed E-state index contributed by atoms with van der Waals surface area (Å²) in [6, 6.07) is 4.94. The highest BCUT2D eigenvalue weighted by molar-refractivity contribution is 9.10. The second-order valence-electron chi connectivity index (χ2n) is 3.32. The molecule has 0 fully saturated rings. The highest BCUT2D eigenvalue weighted by Crippen LogP contribution is 2.29. The van der Waals surface area contributed by atoms with Crippen LogP contribution in [0.3, 0.4) is 0 Å². The summed E-state index contributed by atoms with van der Waals surface area (Å²) in [4.78, 5) is 11.0. The maximum Gasteiger partial charge on any atom is 0.339 e. The number of aromatic carboxylic acids is 1. The number of carboxylic acid groups (broad SMARTS) is 1. The third-order valence-corrected chi connectivity index (χ3v) is 2.71. The first kappa shape index (κ1) is 14.0. The Balaban J connectivity index is 2.60. The van der Waals surface area contributed by atoms with E-state index in [2.05, 4.69) is 15.9 Å². The van der Waals surface area contributed by atoms with Crippen LogP contribution in [0.5, 0.6) is 5.75 Å². The van der Waals surface area contributed by atoms with Gasteiger partial charge in [0.1, 0.15) is 11.3 Å². The molecule has 0 saturated heterocycles. The fourth-order valence-electron chi connectivity index (χ4n) is 1.30. The van der Waals surface area contributed by atoms with Gasteiger partial charge in [0.25, 0.3) is 0 Å². The lowest BCUT2D eigenvalue weighted by molar-refractivity contribution is 0.0691. The molecule has 0 bridgehead atoms. The zero-order valence-electron chi connectivity index (χ0n) is 9.61. The van der Waals surface area contributed by atoms with E-state index in [1.165, 1.54) is 6.07 Å².